The predicted molar refractivity (Wildman–Crippen MR) is 73.8 cm³/mol. The lowest BCUT2D eigenvalue weighted by Crippen LogP contribution is -2.35. The van der Waals surface area contributed by atoms with Gasteiger partial charge < -0.3 is 5.73 Å². The van der Waals surface area contributed by atoms with Crippen molar-refractivity contribution in [1.82, 2.24) is 4.90 Å². The van der Waals surface area contributed by atoms with E-state index in [0.29, 0.717) is 19.1 Å². The van der Waals surface area contributed by atoms with Crippen LogP contribution < -0.4 is 5.73 Å². The maximum atomic E-state index is 13.6. The van der Waals surface area contributed by atoms with E-state index in [9.17, 15) is 4.39 Å². The van der Waals surface area contributed by atoms with Gasteiger partial charge in [0.25, 0.3) is 0 Å². The Morgan fingerprint density at radius 1 is 1.47 bits per heavy atom. The molecule has 1 saturated heterocycles. The minimum atomic E-state index is -0.142. The van der Waals surface area contributed by atoms with Gasteiger partial charge in [-0.3, -0.25) is 4.90 Å². The lowest BCUT2D eigenvalue weighted by molar-refractivity contribution is 0.246. The highest BCUT2D eigenvalue weighted by Crippen LogP contribution is 2.25. The largest absolute Gasteiger partial charge is 0.329 e. The lowest BCUT2D eigenvalue weighted by Gasteiger charge is -2.23. The van der Waals surface area contributed by atoms with Crippen LogP contribution in [-0.4, -0.2) is 24.0 Å². The second kappa shape index (κ2) is 6.69. The molecule has 1 unspecified atom stereocenters. The average Bonchev–Trinajstić information content (AvgIpc) is 2.71. The molecule has 96 valence electrons. The summed E-state index contributed by atoms with van der Waals surface area (Å²) in [5.74, 6) is -0.142. The van der Waals surface area contributed by atoms with Crippen LogP contribution in [0.3, 0.4) is 0 Å². The summed E-state index contributed by atoms with van der Waals surface area (Å²) in [4.78, 5) is 2.27. The van der Waals surface area contributed by atoms with E-state index >= 15 is 0 Å². The van der Waals surface area contributed by atoms with E-state index in [1.54, 1.807) is 6.07 Å². The quantitative estimate of drug-likeness (QED) is 0.927. The Kier molecular flexibility index (Phi) is 5.86. The highest BCUT2D eigenvalue weighted by atomic mass is 79.9. The molecule has 5 heteroatoms. The van der Waals surface area contributed by atoms with Crippen LogP contribution in [0.15, 0.2) is 22.7 Å². The molecule has 17 heavy (non-hydrogen) atoms. The maximum absolute atomic E-state index is 13.6. The highest BCUT2D eigenvalue weighted by Gasteiger charge is 2.24. The summed E-state index contributed by atoms with van der Waals surface area (Å²) in [6.07, 6.45) is 2.29. The number of nitrogens with zero attached hydrogens (tertiary/aromatic N) is 1. The third-order valence-corrected chi connectivity index (χ3v) is 3.94. The molecule has 1 aromatic carbocycles. The van der Waals surface area contributed by atoms with E-state index in [4.69, 9.17) is 5.73 Å². The number of nitrogens with two attached hydrogens (primary N) is 1. The molecule has 0 spiro atoms. The van der Waals surface area contributed by atoms with Crippen LogP contribution in [0.1, 0.15) is 18.4 Å². The minimum absolute atomic E-state index is 0. The van der Waals surface area contributed by atoms with E-state index in [1.165, 1.54) is 6.07 Å². The Balaban J connectivity index is 0.00000144. The van der Waals surface area contributed by atoms with Crippen molar-refractivity contribution in [2.75, 3.05) is 13.1 Å². The average molecular weight is 324 g/mol. The van der Waals surface area contributed by atoms with Crippen LogP contribution in [0.5, 0.6) is 0 Å². The van der Waals surface area contributed by atoms with Gasteiger partial charge in [-0.05, 0) is 31.5 Å². The molecule has 0 amide bonds. The topological polar surface area (TPSA) is 29.3 Å². The smallest absolute Gasteiger partial charge is 0.128 e. The van der Waals surface area contributed by atoms with Gasteiger partial charge in [-0.15, -0.1) is 12.4 Å². The zero-order chi connectivity index (χ0) is 11.5. The van der Waals surface area contributed by atoms with Gasteiger partial charge in [-0.2, -0.15) is 0 Å². The Labute approximate surface area is 116 Å². The number of hydrogen-bond donors (Lipinski definition) is 1. The Bertz CT molecular complexity index is 355. The highest BCUT2D eigenvalue weighted by molar-refractivity contribution is 9.10. The molecular formula is C12H17BrClFN2. The number of halogens is 3. The van der Waals surface area contributed by atoms with Gasteiger partial charge in [0, 0.05) is 29.2 Å². The standard InChI is InChI=1S/C12H16BrFN2.ClH/c13-11-4-1-5-12(14)10(11)8-16-6-2-3-9(16)7-15;/h1,4-5,9H,2-3,6-8,15H2;1H. The Morgan fingerprint density at radius 3 is 2.88 bits per heavy atom. The molecule has 1 aliphatic rings. The van der Waals surface area contributed by atoms with E-state index in [2.05, 4.69) is 20.8 Å². The summed E-state index contributed by atoms with van der Waals surface area (Å²) in [5.41, 5.74) is 6.45. The van der Waals surface area contributed by atoms with E-state index in [-0.39, 0.29) is 18.2 Å². The summed E-state index contributed by atoms with van der Waals surface area (Å²) in [5, 5.41) is 0. The van der Waals surface area contributed by atoms with Crippen molar-refractivity contribution in [3.63, 3.8) is 0 Å². The molecule has 1 fully saturated rings. The van der Waals surface area contributed by atoms with E-state index in [1.807, 2.05) is 6.07 Å². The minimum Gasteiger partial charge on any atom is -0.329 e. The zero-order valence-corrected chi connectivity index (χ0v) is 11.9. The van der Waals surface area contributed by atoms with Crippen LogP contribution in [0, 0.1) is 5.82 Å². The second-order valence-corrected chi connectivity index (χ2v) is 5.06. The summed E-state index contributed by atoms with van der Waals surface area (Å²) in [6.45, 7) is 2.32. The first-order chi connectivity index (χ1) is 7.72. The molecule has 2 N–H and O–H groups in total. The third-order valence-electron chi connectivity index (χ3n) is 3.19. The van der Waals surface area contributed by atoms with Crippen LogP contribution >= 0.6 is 28.3 Å². The molecule has 0 saturated carbocycles. The molecule has 1 aliphatic heterocycles. The molecule has 0 radical (unpaired) electrons. The second-order valence-electron chi connectivity index (χ2n) is 4.20. The third kappa shape index (κ3) is 3.41. The summed E-state index contributed by atoms with van der Waals surface area (Å²) in [6, 6.07) is 5.51. The Hall–Kier alpha value is -0.160. The summed E-state index contributed by atoms with van der Waals surface area (Å²) >= 11 is 3.40. The van der Waals surface area contributed by atoms with Crippen molar-refractivity contribution in [2.24, 2.45) is 5.73 Å². The lowest BCUT2D eigenvalue weighted by atomic mass is 10.1. The van der Waals surface area contributed by atoms with Crippen molar-refractivity contribution in [2.45, 2.75) is 25.4 Å². The monoisotopic (exact) mass is 322 g/mol. The van der Waals surface area contributed by atoms with Crippen molar-refractivity contribution in [3.8, 4) is 0 Å². The normalized spacial score (nSPS) is 20.3. The summed E-state index contributed by atoms with van der Waals surface area (Å²) < 4.78 is 14.5. The van der Waals surface area contributed by atoms with Crippen LogP contribution in [0.4, 0.5) is 4.39 Å². The van der Waals surface area contributed by atoms with Gasteiger partial charge in [-0.1, -0.05) is 22.0 Å². The molecule has 1 atom stereocenters. The Morgan fingerprint density at radius 2 is 2.24 bits per heavy atom. The number of rotatable bonds is 3. The first kappa shape index (κ1) is 14.9. The maximum Gasteiger partial charge on any atom is 0.128 e. The van der Waals surface area contributed by atoms with Gasteiger partial charge in [0.15, 0.2) is 0 Å². The van der Waals surface area contributed by atoms with Crippen molar-refractivity contribution in [1.29, 1.82) is 0 Å². The molecule has 1 aromatic rings. The van der Waals surface area contributed by atoms with Gasteiger partial charge in [0.05, 0.1) is 0 Å². The number of hydrogen-bond acceptors (Lipinski definition) is 2. The molecule has 2 nitrogen and oxygen atoms in total. The first-order valence-electron chi connectivity index (χ1n) is 5.59. The SMILES string of the molecule is Cl.NCC1CCCN1Cc1c(F)cccc1Br. The molecule has 0 bridgehead atoms. The number of likely N-dealkylation sites (tertiary alicyclic amines) is 1. The van der Waals surface area contributed by atoms with E-state index < -0.39 is 0 Å². The van der Waals surface area contributed by atoms with Crippen molar-refractivity contribution < 1.29 is 4.39 Å². The van der Waals surface area contributed by atoms with Gasteiger partial charge in [0.2, 0.25) is 0 Å². The fraction of sp³-hybridized carbons (Fsp3) is 0.500. The van der Waals surface area contributed by atoms with Crippen molar-refractivity contribution >= 4 is 28.3 Å². The molecule has 0 aromatic heterocycles. The fourth-order valence-electron chi connectivity index (χ4n) is 2.26. The molecule has 2 rings (SSSR count). The molecule has 0 aliphatic carbocycles. The van der Waals surface area contributed by atoms with Gasteiger partial charge >= 0.3 is 0 Å². The van der Waals surface area contributed by atoms with Crippen LogP contribution in [0.25, 0.3) is 0 Å². The fourth-order valence-corrected chi connectivity index (χ4v) is 2.72. The summed E-state index contributed by atoms with van der Waals surface area (Å²) in [7, 11) is 0. The van der Waals surface area contributed by atoms with Crippen LogP contribution in [0.2, 0.25) is 0 Å². The molecular weight excluding hydrogens is 307 g/mol. The van der Waals surface area contributed by atoms with Crippen molar-refractivity contribution in [3.05, 3.63) is 34.1 Å². The van der Waals surface area contributed by atoms with Gasteiger partial charge in [-0.25, -0.2) is 4.39 Å². The number of benzene rings is 1. The van der Waals surface area contributed by atoms with Gasteiger partial charge in [0.1, 0.15) is 5.82 Å². The molecule has 1 heterocycles. The van der Waals surface area contributed by atoms with E-state index in [0.717, 1.165) is 29.4 Å². The van der Waals surface area contributed by atoms with Crippen LogP contribution in [-0.2, 0) is 6.54 Å². The zero-order valence-electron chi connectivity index (χ0n) is 9.53. The predicted octanol–water partition coefficient (Wildman–Crippen LogP) is 2.93. The first-order valence-corrected chi connectivity index (χ1v) is 6.38.